The maximum absolute atomic E-state index is 14.1. The average Bonchev–Trinajstić information content (AvgIpc) is 3.31. The fraction of sp³-hybridized carbons (Fsp3) is 0.211. The summed E-state index contributed by atoms with van der Waals surface area (Å²) in [4.78, 5) is 5.03. The summed E-state index contributed by atoms with van der Waals surface area (Å²) in [5.74, 6) is 0. The Morgan fingerprint density at radius 3 is 2.41 bits per heavy atom. The van der Waals surface area contributed by atoms with E-state index in [4.69, 9.17) is 28.0 Å². The van der Waals surface area contributed by atoms with Gasteiger partial charge in [-0.1, -0.05) is 39.6 Å². The lowest BCUT2D eigenvalue weighted by Crippen LogP contribution is -2.42. The lowest BCUT2D eigenvalue weighted by atomic mass is 9.86. The van der Waals surface area contributed by atoms with Crippen molar-refractivity contribution in [3.05, 3.63) is 75.5 Å². The topological polar surface area (TPSA) is 52.3 Å². The molecule has 2 heterocycles. The number of hydrogen-bond donors (Lipinski definition) is 0. The van der Waals surface area contributed by atoms with Crippen LogP contribution in [0.5, 0.6) is 0 Å². The maximum Gasteiger partial charge on any atom is 0.435 e. The molecule has 2 aromatic carbocycles. The third kappa shape index (κ3) is 3.47. The summed E-state index contributed by atoms with van der Waals surface area (Å²) in [6.07, 6.45) is -2.02. The molecule has 4 rings (SSSR count). The van der Waals surface area contributed by atoms with Crippen LogP contribution in [0.3, 0.4) is 0 Å². The Bertz CT molecular complexity index is 1080. The Hall–Kier alpha value is -2.58. The molecule has 0 saturated heterocycles. The van der Waals surface area contributed by atoms with Gasteiger partial charge in [0.25, 0.3) is 5.60 Å². The molecule has 0 N–H and O–H groups in total. The van der Waals surface area contributed by atoms with Crippen LogP contribution in [-0.2, 0) is 10.4 Å². The molecule has 5 nitrogen and oxygen atoms in total. The highest BCUT2D eigenvalue weighted by atomic mass is 35.5. The van der Waals surface area contributed by atoms with Gasteiger partial charge in [0.2, 0.25) is 0 Å². The minimum absolute atomic E-state index is 0.0844. The van der Waals surface area contributed by atoms with Crippen LogP contribution in [0.15, 0.2) is 53.9 Å². The number of hydrogen-bond acceptors (Lipinski definition) is 4. The van der Waals surface area contributed by atoms with Crippen LogP contribution in [0.2, 0.25) is 10.0 Å². The summed E-state index contributed by atoms with van der Waals surface area (Å²) in [5.41, 5.74) is -0.606. The van der Waals surface area contributed by atoms with Gasteiger partial charge in [0.1, 0.15) is 0 Å². The van der Waals surface area contributed by atoms with Crippen molar-refractivity contribution < 1.29 is 18.0 Å². The van der Waals surface area contributed by atoms with Gasteiger partial charge in [0, 0.05) is 22.0 Å². The van der Waals surface area contributed by atoms with Gasteiger partial charge < -0.3 is 4.84 Å². The summed E-state index contributed by atoms with van der Waals surface area (Å²) in [6.45, 7) is 1.82. The molecular weight excluding hydrogens is 428 g/mol. The molecule has 0 spiro atoms. The van der Waals surface area contributed by atoms with Gasteiger partial charge >= 0.3 is 6.18 Å². The van der Waals surface area contributed by atoms with E-state index in [9.17, 15) is 13.2 Å². The van der Waals surface area contributed by atoms with Gasteiger partial charge in [-0.3, -0.25) is 0 Å². The van der Waals surface area contributed by atoms with E-state index < -0.39 is 18.2 Å². The third-order valence-electron chi connectivity index (χ3n) is 4.71. The fourth-order valence-corrected chi connectivity index (χ4v) is 3.80. The zero-order valence-electron chi connectivity index (χ0n) is 14.9. The first-order valence-corrected chi connectivity index (χ1v) is 9.21. The Balaban J connectivity index is 1.71. The summed E-state index contributed by atoms with van der Waals surface area (Å²) < 4.78 is 43.8. The molecule has 29 heavy (non-hydrogen) atoms. The number of alkyl halides is 3. The minimum atomic E-state index is -4.73. The summed E-state index contributed by atoms with van der Waals surface area (Å²) in [7, 11) is 0. The molecule has 0 bridgehead atoms. The number of benzene rings is 2. The standard InChI is InChI=1S/C19H13Cl2F3N4O/c1-11-6-12(2-3-17(11)28-5-4-25-27-28)16-10-18(29-26-16,19(22,23)24)13-7-14(20)9-15(21)8-13/h2-9H,10H2,1H3. The molecule has 1 atom stereocenters. The summed E-state index contributed by atoms with van der Waals surface area (Å²) >= 11 is 11.8. The van der Waals surface area contributed by atoms with E-state index in [1.165, 1.54) is 24.4 Å². The molecule has 3 aromatic rings. The minimum Gasteiger partial charge on any atom is -0.374 e. The van der Waals surface area contributed by atoms with E-state index in [0.29, 0.717) is 5.56 Å². The molecule has 150 valence electrons. The first kappa shape index (κ1) is 19.7. The molecule has 0 saturated carbocycles. The van der Waals surface area contributed by atoms with Crippen molar-refractivity contribution >= 4 is 28.9 Å². The molecule has 1 unspecified atom stereocenters. The van der Waals surface area contributed by atoms with Gasteiger partial charge in [0.05, 0.1) is 23.8 Å². The zero-order chi connectivity index (χ0) is 20.8. The monoisotopic (exact) mass is 440 g/mol. The van der Waals surface area contributed by atoms with Gasteiger partial charge in [-0.05, 0) is 48.4 Å². The lowest BCUT2D eigenvalue weighted by molar-refractivity contribution is -0.275. The summed E-state index contributed by atoms with van der Waals surface area (Å²) in [5, 5.41) is 11.6. The molecule has 1 aromatic heterocycles. The van der Waals surface area contributed by atoms with Crippen LogP contribution in [0, 0.1) is 6.92 Å². The number of aryl methyl sites for hydroxylation is 1. The van der Waals surface area contributed by atoms with Crippen LogP contribution >= 0.6 is 23.2 Å². The summed E-state index contributed by atoms with van der Waals surface area (Å²) in [6, 6.07) is 8.89. The van der Waals surface area contributed by atoms with E-state index in [2.05, 4.69) is 15.5 Å². The number of halogens is 5. The van der Waals surface area contributed by atoms with Crippen LogP contribution in [0.25, 0.3) is 5.69 Å². The van der Waals surface area contributed by atoms with E-state index in [0.717, 1.165) is 11.3 Å². The lowest BCUT2D eigenvalue weighted by Gasteiger charge is -2.29. The van der Waals surface area contributed by atoms with Crippen molar-refractivity contribution in [2.45, 2.75) is 25.1 Å². The predicted octanol–water partition coefficient (Wildman–Crippen LogP) is 5.46. The Morgan fingerprint density at radius 1 is 1.10 bits per heavy atom. The average molecular weight is 441 g/mol. The van der Waals surface area contributed by atoms with Crippen LogP contribution in [-0.4, -0.2) is 26.9 Å². The zero-order valence-corrected chi connectivity index (χ0v) is 16.4. The van der Waals surface area contributed by atoms with Crippen molar-refractivity contribution in [3.63, 3.8) is 0 Å². The van der Waals surface area contributed by atoms with E-state index in [-0.39, 0.29) is 21.3 Å². The van der Waals surface area contributed by atoms with E-state index >= 15 is 0 Å². The van der Waals surface area contributed by atoms with Crippen molar-refractivity contribution in [2.75, 3.05) is 0 Å². The Morgan fingerprint density at radius 2 is 1.83 bits per heavy atom. The van der Waals surface area contributed by atoms with Crippen molar-refractivity contribution in [1.29, 1.82) is 0 Å². The quantitative estimate of drug-likeness (QED) is 0.542. The maximum atomic E-state index is 14.1. The first-order valence-electron chi connectivity index (χ1n) is 8.46. The number of aromatic nitrogens is 3. The first-order chi connectivity index (χ1) is 13.7. The SMILES string of the molecule is Cc1cc(C2=NOC(c3cc(Cl)cc(Cl)c3)(C(F)(F)F)C2)ccc1-n1ccnn1. The second-order valence-corrected chi connectivity index (χ2v) is 7.51. The molecule has 0 aliphatic carbocycles. The highest BCUT2D eigenvalue weighted by Gasteiger charge is 2.62. The molecule has 10 heteroatoms. The second-order valence-electron chi connectivity index (χ2n) is 6.64. The molecule has 0 amide bonds. The molecular formula is C19H13Cl2F3N4O. The van der Waals surface area contributed by atoms with Gasteiger partial charge in [-0.15, -0.1) is 5.10 Å². The van der Waals surface area contributed by atoms with E-state index in [1.807, 2.05) is 6.92 Å². The van der Waals surface area contributed by atoms with Crippen LogP contribution in [0.1, 0.15) is 23.1 Å². The third-order valence-corrected chi connectivity index (χ3v) is 5.15. The molecule has 0 fully saturated rings. The van der Waals surface area contributed by atoms with Crippen molar-refractivity contribution in [3.8, 4) is 5.69 Å². The second kappa shape index (κ2) is 7.03. The Labute approximate surface area is 173 Å². The number of rotatable bonds is 3. The number of oxime groups is 1. The van der Waals surface area contributed by atoms with Gasteiger partial charge in [-0.2, -0.15) is 13.2 Å². The van der Waals surface area contributed by atoms with Crippen molar-refractivity contribution in [1.82, 2.24) is 15.0 Å². The largest absolute Gasteiger partial charge is 0.435 e. The van der Waals surface area contributed by atoms with Gasteiger partial charge in [0.15, 0.2) is 0 Å². The highest BCUT2D eigenvalue weighted by molar-refractivity contribution is 6.34. The number of nitrogens with zero attached hydrogens (tertiary/aromatic N) is 4. The van der Waals surface area contributed by atoms with Gasteiger partial charge in [-0.25, -0.2) is 4.68 Å². The fourth-order valence-electron chi connectivity index (χ4n) is 3.27. The van der Waals surface area contributed by atoms with E-state index in [1.54, 1.807) is 29.1 Å². The normalized spacial score (nSPS) is 19.2. The van der Waals surface area contributed by atoms with Crippen LogP contribution in [0.4, 0.5) is 13.2 Å². The molecule has 1 aliphatic heterocycles. The molecule has 0 radical (unpaired) electrons. The predicted molar refractivity (Wildman–Crippen MR) is 103 cm³/mol. The highest BCUT2D eigenvalue weighted by Crippen LogP contribution is 2.49. The molecule has 1 aliphatic rings. The van der Waals surface area contributed by atoms with Crippen molar-refractivity contribution in [2.24, 2.45) is 5.16 Å². The van der Waals surface area contributed by atoms with Crippen LogP contribution < -0.4 is 0 Å². The Kier molecular flexibility index (Phi) is 4.78. The smallest absolute Gasteiger partial charge is 0.374 e.